The largest absolute Gasteiger partial charge is 0.455 e. The topological polar surface area (TPSA) is 63.2 Å². The molecule has 2 heterocycles. The Bertz CT molecular complexity index is 781. The maximum absolute atomic E-state index is 12.8. The van der Waals surface area contributed by atoms with Crippen molar-refractivity contribution in [1.29, 1.82) is 0 Å². The van der Waals surface area contributed by atoms with Gasteiger partial charge in [-0.05, 0) is 44.9 Å². The van der Waals surface area contributed by atoms with Gasteiger partial charge in [-0.1, -0.05) is 46.1 Å². The van der Waals surface area contributed by atoms with Crippen LogP contribution in [0.5, 0.6) is 0 Å². The SMILES string of the molecule is C=C(C)C(=O)OC12CC3CC(OCC4(CCCC)CCO4)(CC(OCC4(CCCC)CCO4)(C3)C1)C2. The number of rotatable bonds is 14. The lowest BCUT2D eigenvalue weighted by Gasteiger charge is -2.65. The Kier molecular flexibility index (Phi) is 7.39. The first-order valence-electron chi connectivity index (χ1n) is 14.6. The van der Waals surface area contributed by atoms with Crippen LogP contribution in [0.25, 0.3) is 0 Å². The van der Waals surface area contributed by atoms with Crippen LogP contribution < -0.4 is 0 Å². The molecule has 4 atom stereocenters. The Morgan fingerprint density at radius 2 is 1.28 bits per heavy atom. The monoisotopic (exact) mass is 504 g/mol. The zero-order valence-corrected chi connectivity index (χ0v) is 23.0. The molecule has 36 heavy (non-hydrogen) atoms. The van der Waals surface area contributed by atoms with Gasteiger partial charge in [-0.25, -0.2) is 4.79 Å². The molecule has 4 aliphatic carbocycles. The summed E-state index contributed by atoms with van der Waals surface area (Å²) in [6.45, 7) is 13.0. The molecule has 2 saturated heterocycles. The van der Waals surface area contributed by atoms with Crippen molar-refractivity contribution in [3.63, 3.8) is 0 Å². The highest BCUT2D eigenvalue weighted by Gasteiger charge is 2.67. The van der Waals surface area contributed by atoms with Gasteiger partial charge in [0.2, 0.25) is 0 Å². The number of unbranched alkanes of at least 4 members (excludes halogenated alkanes) is 2. The zero-order chi connectivity index (χ0) is 25.5. The molecular weight excluding hydrogens is 456 g/mol. The summed E-state index contributed by atoms with van der Waals surface area (Å²) < 4.78 is 32.4. The summed E-state index contributed by atoms with van der Waals surface area (Å²) in [5.74, 6) is 0.146. The molecule has 0 spiro atoms. The van der Waals surface area contributed by atoms with E-state index in [0.717, 1.165) is 103 Å². The van der Waals surface area contributed by atoms with Gasteiger partial charge in [0.25, 0.3) is 0 Å². The van der Waals surface area contributed by atoms with Gasteiger partial charge in [0.1, 0.15) is 5.60 Å². The highest BCUT2D eigenvalue weighted by Crippen LogP contribution is 2.63. The normalized spacial score (nSPS) is 42.6. The van der Waals surface area contributed by atoms with E-state index < -0.39 is 5.60 Å². The molecule has 6 heteroatoms. The number of carbonyl (C=O) groups is 1. The highest BCUT2D eigenvalue weighted by molar-refractivity contribution is 5.87. The molecule has 6 nitrogen and oxygen atoms in total. The number of carbonyl (C=O) groups excluding carboxylic acids is 1. The number of ether oxygens (including phenoxy) is 5. The van der Waals surface area contributed by atoms with Gasteiger partial charge in [-0.2, -0.15) is 0 Å². The first-order chi connectivity index (χ1) is 17.2. The quantitative estimate of drug-likeness (QED) is 0.212. The third-order valence-corrected chi connectivity index (χ3v) is 9.76. The lowest BCUT2D eigenvalue weighted by atomic mass is 9.50. The first kappa shape index (κ1) is 26.6. The van der Waals surface area contributed by atoms with E-state index in [-0.39, 0.29) is 28.4 Å². The van der Waals surface area contributed by atoms with Crippen LogP contribution in [0.1, 0.15) is 111 Å². The number of esters is 1. The van der Waals surface area contributed by atoms with Gasteiger partial charge in [0.05, 0.1) is 48.8 Å². The minimum atomic E-state index is -0.538. The molecule has 0 aromatic heterocycles. The molecule has 4 unspecified atom stereocenters. The molecule has 0 N–H and O–H groups in total. The smallest absolute Gasteiger partial charge is 0.333 e. The van der Waals surface area contributed by atoms with Crippen LogP contribution in [-0.2, 0) is 28.5 Å². The lowest BCUT2D eigenvalue weighted by Crippen LogP contribution is -2.69. The minimum Gasteiger partial charge on any atom is -0.455 e. The summed E-state index contributed by atoms with van der Waals surface area (Å²) in [5.41, 5.74) is -1.02. The molecule has 0 radical (unpaired) electrons. The van der Waals surface area contributed by atoms with Gasteiger partial charge in [-0.3, -0.25) is 0 Å². The van der Waals surface area contributed by atoms with Crippen molar-refractivity contribution in [2.24, 2.45) is 5.92 Å². The molecule has 4 bridgehead atoms. The fourth-order valence-corrected chi connectivity index (χ4v) is 8.01. The molecule has 0 amide bonds. The number of hydrogen-bond donors (Lipinski definition) is 0. The van der Waals surface area contributed by atoms with Crippen LogP contribution in [0.15, 0.2) is 12.2 Å². The maximum Gasteiger partial charge on any atom is 0.333 e. The van der Waals surface area contributed by atoms with Crippen molar-refractivity contribution in [2.75, 3.05) is 26.4 Å². The molecule has 204 valence electrons. The van der Waals surface area contributed by atoms with Gasteiger partial charge >= 0.3 is 5.97 Å². The Morgan fingerprint density at radius 1 is 0.833 bits per heavy atom. The Labute approximate surface area is 217 Å². The average Bonchev–Trinajstić information content (AvgIpc) is 2.76. The van der Waals surface area contributed by atoms with Crippen LogP contribution in [0.2, 0.25) is 0 Å². The van der Waals surface area contributed by atoms with E-state index in [4.69, 9.17) is 23.7 Å². The van der Waals surface area contributed by atoms with Gasteiger partial charge in [0.15, 0.2) is 0 Å². The van der Waals surface area contributed by atoms with Gasteiger partial charge < -0.3 is 23.7 Å². The van der Waals surface area contributed by atoms with E-state index in [1.165, 1.54) is 0 Å². The molecule has 0 aromatic rings. The van der Waals surface area contributed by atoms with Crippen molar-refractivity contribution in [2.45, 2.75) is 139 Å². The Hall–Kier alpha value is -0.950. The second-order valence-electron chi connectivity index (χ2n) is 13.1. The molecule has 4 saturated carbocycles. The standard InChI is InChI=1S/C30H48O6/c1-5-7-9-26(11-13-32-26)21-34-28-15-24-16-29(18-28,35-22-27(10-8-6-2)12-14-33-27)20-30(17-24,19-28)36-25(31)23(3)4/h24H,3,5-22H2,1-2,4H3. The minimum absolute atomic E-state index is 0.140. The summed E-state index contributed by atoms with van der Waals surface area (Å²) in [4.78, 5) is 12.8. The van der Waals surface area contributed by atoms with Crippen LogP contribution >= 0.6 is 0 Å². The molecule has 6 rings (SSSR count). The maximum atomic E-state index is 12.8. The lowest BCUT2D eigenvalue weighted by molar-refractivity contribution is -0.311. The molecular formula is C30H48O6. The fourth-order valence-electron chi connectivity index (χ4n) is 8.01. The van der Waals surface area contributed by atoms with Crippen LogP contribution in [0.3, 0.4) is 0 Å². The van der Waals surface area contributed by atoms with E-state index in [9.17, 15) is 4.79 Å². The summed E-state index contributed by atoms with van der Waals surface area (Å²) >= 11 is 0. The van der Waals surface area contributed by atoms with Crippen molar-refractivity contribution in [3.8, 4) is 0 Å². The predicted octanol–water partition coefficient (Wildman–Crippen LogP) is 6.05. The van der Waals surface area contributed by atoms with E-state index in [0.29, 0.717) is 24.7 Å². The average molecular weight is 505 g/mol. The van der Waals surface area contributed by atoms with Crippen molar-refractivity contribution < 1.29 is 28.5 Å². The van der Waals surface area contributed by atoms with Crippen molar-refractivity contribution in [1.82, 2.24) is 0 Å². The Balaban J connectivity index is 1.35. The summed E-state index contributed by atoms with van der Waals surface area (Å²) in [6.07, 6.45) is 14.2. The highest BCUT2D eigenvalue weighted by atomic mass is 16.6. The van der Waals surface area contributed by atoms with Gasteiger partial charge in [0, 0.05) is 37.7 Å². The second kappa shape index (κ2) is 9.98. The van der Waals surface area contributed by atoms with E-state index >= 15 is 0 Å². The molecule has 0 aromatic carbocycles. The second-order valence-corrected chi connectivity index (χ2v) is 13.1. The fraction of sp³-hybridized carbons (Fsp3) is 0.900. The van der Waals surface area contributed by atoms with Crippen molar-refractivity contribution in [3.05, 3.63) is 12.2 Å². The molecule has 6 aliphatic rings. The molecule has 2 aliphatic heterocycles. The molecule has 6 fully saturated rings. The summed E-state index contributed by atoms with van der Waals surface area (Å²) in [7, 11) is 0. The third kappa shape index (κ3) is 5.17. The van der Waals surface area contributed by atoms with Crippen molar-refractivity contribution >= 4 is 5.97 Å². The van der Waals surface area contributed by atoms with Crippen LogP contribution in [-0.4, -0.2) is 60.4 Å². The van der Waals surface area contributed by atoms with Gasteiger partial charge in [-0.15, -0.1) is 0 Å². The van der Waals surface area contributed by atoms with Crippen LogP contribution in [0, 0.1) is 5.92 Å². The van der Waals surface area contributed by atoms with Crippen LogP contribution in [0.4, 0.5) is 0 Å². The zero-order valence-electron chi connectivity index (χ0n) is 23.0. The summed E-state index contributed by atoms with van der Waals surface area (Å²) in [5, 5.41) is 0. The predicted molar refractivity (Wildman–Crippen MR) is 138 cm³/mol. The third-order valence-electron chi connectivity index (χ3n) is 9.76. The van der Waals surface area contributed by atoms with E-state index in [2.05, 4.69) is 20.4 Å². The Morgan fingerprint density at radius 3 is 1.67 bits per heavy atom. The van der Waals surface area contributed by atoms with E-state index in [1.807, 2.05) is 0 Å². The summed E-state index contributed by atoms with van der Waals surface area (Å²) in [6, 6.07) is 0. The van der Waals surface area contributed by atoms with E-state index in [1.54, 1.807) is 6.92 Å². The number of hydrogen-bond acceptors (Lipinski definition) is 6. The first-order valence-corrected chi connectivity index (χ1v) is 14.6.